The second kappa shape index (κ2) is 14.7. The van der Waals surface area contributed by atoms with E-state index in [4.69, 9.17) is 15.0 Å². The van der Waals surface area contributed by atoms with Gasteiger partial charge in [-0.05, 0) is 70.8 Å². The minimum Gasteiger partial charge on any atom is -0.308 e. The van der Waals surface area contributed by atoms with Gasteiger partial charge in [0.25, 0.3) is 0 Å². The summed E-state index contributed by atoms with van der Waals surface area (Å²) in [7, 11) is 0. The van der Waals surface area contributed by atoms with Gasteiger partial charge in [-0.1, -0.05) is 176 Å². The zero-order chi connectivity index (χ0) is 41.0. The molecule has 5 nitrogen and oxygen atoms in total. The highest BCUT2D eigenvalue weighted by atomic mass is 15.1. The SMILES string of the molecule is c1ccc(-c2ccc(-c3nc(-c4ccccc4)nc(-c4ccc(-c5ccccc5)cc4-n4c5ccccc5c5ccccc54)n3)c(-n3c4ccccc4c4ccccc43)c2)cc1. The summed E-state index contributed by atoms with van der Waals surface area (Å²) in [6, 6.07) is 79.2. The van der Waals surface area contributed by atoms with Gasteiger partial charge in [-0.2, -0.15) is 0 Å². The number of nitrogens with zero attached hydrogens (tertiary/aromatic N) is 5. The lowest BCUT2D eigenvalue weighted by Crippen LogP contribution is -2.06. The van der Waals surface area contributed by atoms with Crippen LogP contribution in [0.3, 0.4) is 0 Å². The Labute approximate surface area is 358 Å². The molecule has 0 N–H and O–H groups in total. The Kier molecular flexibility index (Phi) is 8.42. The summed E-state index contributed by atoms with van der Waals surface area (Å²) < 4.78 is 4.74. The van der Waals surface area contributed by atoms with Crippen LogP contribution >= 0.6 is 0 Å². The van der Waals surface area contributed by atoms with Crippen molar-refractivity contribution in [3.8, 4) is 67.8 Å². The molecular weight excluding hydrogens is 755 g/mol. The number of fused-ring (bicyclic) bond motifs is 6. The highest BCUT2D eigenvalue weighted by Gasteiger charge is 2.23. The van der Waals surface area contributed by atoms with Gasteiger partial charge in [-0.25, -0.2) is 15.0 Å². The van der Waals surface area contributed by atoms with Crippen molar-refractivity contribution in [2.45, 2.75) is 0 Å². The van der Waals surface area contributed by atoms with E-state index in [1.165, 1.54) is 21.5 Å². The van der Waals surface area contributed by atoms with Crippen molar-refractivity contribution in [2.75, 3.05) is 0 Å². The molecule has 12 rings (SSSR count). The second-order valence-electron chi connectivity index (χ2n) is 15.6. The van der Waals surface area contributed by atoms with Gasteiger partial charge in [0.2, 0.25) is 0 Å². The molecule has 0 fully saturated rings. The average Bonchev–Trinajstić information content (AvgIpc) is 3.87. The van der Waals surface area contributed by atoms with E-state index in [1.54, 1.807) is 0 Å². The summed E-state index contributed by atoms with van der Waals surface area (Å²) in [5, 5.41) is 4.76. The molecule has 0 spiro atoms. The van der Waals surface area contributed by atoms with Crippen LogP contribution in [0.1, 0.15) is 0 Å². The lowest BCUT2D eigenvalue weighted by atomic mass is 10.0. The standard InChI is InChI=1S/C57H37N5/c1-4-18-38(19-5-1)41-32-34-47(53(36-41)61-49-28-14-10-24-43(49)44-25-11-15-29-50(44)61)56-58-55(40-22-8-3-9-23-40)59-57(60-56)48-35-33-42(39-20-6-2-7-21-39)37-54(48)62-51-30-16-12-26-45(51)46-27-13-17-31-52(46)62/h1-37H. The Morgan fingerprint density at radius 3 is 0.919 bits per heavy atom. The van der Waals surface area contributed by atoms with E-state index in [0.29, 0.717) is 17.5 Å². The Bertz CT molecular complexity index is 3300. The minimum atomic E-state index is 0.589. The zero-order valence-electron chi connectivity index (χ0n) is 33.6. The summed E-state index contributed by atoms with van der Waals surface area (Å²) in [6.07, 6.45) is 0. The van der Waals surface area contributed by atoms with Gasteiger partial charge < -0.3 is 9.13 Å². The fourth-order valence-corrected chi connectivity index (χ4v) is 9.13. The van der Waals surface area contributed by atoms with Gasteiger partial charge in [-0.15, -0.1) is 0 Å². The molecule has 0 radical (unpaired) electrons. The maximum absolute atomic E-state index is 5.52. The van der Waals surface area contributed by atoms with Crippen LogP contribution in [0.4, 0.5) is 0 Å². The van der Waals surface area contributed by atoms with Crippen LogP contribution < -0.4 is 0 Å². The maximum Gasteiger partial charge on any atom is 0.166 e. The predicted molar refractivity (Wildman–Crippen MR) is 256 cm³/mol. The Hall–Kier alpha value is -8.41. The molecule has 0 aliphatic rings. The predicted octanol–water partition coefficient (Wildman–Crippen LogP) is 14.4. The average molecular weight is 792 g/mol. The number of aromatic nitrogens is 5. The molecule has 3 heterocycles. The van der Waals surface area contributed by atoms with E-state index in [1.807, 2.05) is 18.2 Å². The molecule has 290 valence electrons. The maximum atomic E-state index is 5.52. The smallest absolute Gasteiger partial charge is 0.166 e. The van der Waals surface area contributed by atoms with Crippen LogP contribution in [-0.4, -0.2) is 24.1 Å². The number of hydrogen-bond acceptors (Lipinski definition) is 3. The highest BCUT2D eigenvalue weighted by molar-refractivity contribution is 6.11. The third kappa shape index (κ3) is 5.90. The number of hydrogen-bond donors (Lipinski definition) is 0. The molecule has 0 saturated carbocycles. The van der Waals surface area contributed by atoms with Crippen molar-refractivity contribution in [2.24, 2.45) is 0 Å². The largest absolute Gasteiger partial charge is 0.308 e. The van der Waals surface area contributed by atoms with E-state index in [0.717, 1.165) is 72.4 Å². The van der Waals surface area contributed by atoms with Gasteiger partial charge in [-0.3, -0.25) is 0 Å². The van der Waals surface area contributed by atoms with Crippen LogP contribution in [0.25, 0.3) is 111 Å². The van der Waals surface area contributed by atoms with Gasteiger partial charge in [0, 0.05) is 38.2 Å². The van der Waals surface area contributed by atoms with Crippen molar-refractivity contribution >= 4 is 43.6 Å². The van der Waals surface area contributed by atoms with Gasteiger partial charge >= 0.3 is 0 Å². The molecule has 0 saturated heterocycles. The molecule has 0 atom stereocenters. The zero-order valence-corrected chi connectivity index (χ0v) is 33.6. The molecule has 12 aromatic rings. The van der Waals surface area contributed by atoms with Crippen molar-refractivity contribution in [1.29, 1.82) is 0 Å². The van der Waals surface area contributed by atoms with Crippen molar-refractivity contribution < 1.29 is 0 Å². The Morgan fingerprint density at radius 1 is 0.242 bits per heavy atom. The first-order valence-corrected chi connectivity index (χ1v) is 21.0. The van der Waals surface area contributed by atoms with E-state index in [2.05, 4.69) is 215 Å². The fraction of sp³-hybridized carbons (Fsp3) is 0. The molecule has 3 aromatic heterocycles. The first kappa shape index (κ1) is 35.5. The van der Waals surface area contributed by atoms with Crippen LogP contribution in [0.15, 0.2) is 224 Å². The molecule has 5 heteroatoms. The van der Waals surface area contributed by atoms with Gasteiger partial charge in [0.15, 0.2) is 17.5 Å². The van der Waals surface area contributed by atoms with E-state index < -0.39 is 0 Å². The summed E-state index contributed by atoms with van der Waals surface area (Å²) in [5.41, 5.74) is 13.6. The molecule has 0 aliphatic heterocycles. The summed E-state index contributed by atoms with van der Waals surface area (Å²) >= 11 is 0. The quantitative estimate of drug-likeness (QED) is 0.162. The van der Waals surface area contributed by atoms with Crippen molar-refractivity contribution in [3.63, 3.8) is 0 Å². The lowest BCUT2D eigenvalue weighted by molar-refractivity contribution is 1.06. The fourth-order valence-electron chi connectivity index (χ4n) is 9.13. The normalized spacial score (nSPS) is 11.5. The molecular formula is C57H37N5. The van der Waals surface area contributed by atoms with E-state index in [-0.39, 0.29) is 0 Å². The first-order chi connectivity index (χ1) is 30.8. The third-order valence-corrected chi connectivity index (χ3v) is 12.0. The number of benzene rings is 9. The number of rotatable bonds is 7. The molecule has 62 heavy (non-hydrogen) atoms. The molecule has 9 aromatic carbocycles. The van der Waals surface area contributed by atoms with Crippen LogP contribution in [0.5, 0.6) is 0 Å². The van der Waals surface area contributed by atoms with Gasteiger partial charge in [0.05, 0.1) is 33.4 Å². The Balaban J connectivity index is 1.17. The minimum absolute atomic E-state index is 0.589. The summed E-state index contributed by atoms with van der Waals surface area (Å²) in [5.74, 6) is 1.78. The second-order valence-corrected chi connectivity index (χ2v) is 15.6. The summed E-state index contributed by atoms with van der Waals surface area (Å²) in [4.78, 5) is 16.2. The molecule has 0 unspecified atom stereocenters. The van der Waals surface area contributed by atoms with E-state index in [9.17, 15) is 0 Å². The van der Waals surface area contributed by atoms with Crippen LogP contribution in [0.2, 0.25) is 0 Å². The Morgan fingerprint density at radius 2 is 0.548 bits per heavy atom. The molecule has 0 bridgehead atoms. The van der Waals surface area contributed by atoms with Gasteiger partial charge in [0.1, 0.15) is 0 Å². The highest BCUT2D eigenvalue weighted by Crippen LogP contribution is 2.41. The van der Waals surface area contributed by atoms with Crippen molar-refractivity contribution in [1.82, 2.24) is 24.1 Å². The monoisotopic (exact) mass is 791 g/mol. The topological polar surface area (TPSA) is 48.5 Å². The number of para-hydroxylation sites is 4. The van der Waals surface area contributed by atoms with Crippen molar-refractivity contribution in [3.05, 3.63) is 224 Å². The molecule has 0 aliphatic carbocycles. The third-order valence-electron chi connectivity index (χ3n) is 12.0. The van der Waals surface area contributed by atoms with E-state index >= 15 is 0 Å². The van der Waals surface area contributed by atoms with Crippen LogP contribution in [-0.2, 0) is 0 Å². The molecule has 0 amide bonds. The van der Waals surface area contributed by atoms with Crippen LogP contribution in [0, 0.1) is 0 Å². The summed E-state index contributed by atoms with van der Waals surface area (Å²) in [6.45, 7) is 0. The first-order valence-electron chi connectivity index (χ1n) is 21.0. The lowest BCUT2D eigenvalue weighted by Gasteiger charge is -2.18.